The third kappa shape index (κ3) is 2.87. The van der Waals surface area contributed by atoms with Gasteiger partial charge in [0.25, 0.3) is 5.91 Å². The lowest BCUT2D eigenvalue weighted by Crippen LogP contribution is -2.30. The monoisotopic (exact) mass is 340 g/mol. The molecule has 3 aromatic rings. The highest BCUT2D eigenvalue weighted by Crippen LogP contribution is 2.41. The van der Waals surface area contributed by atoms with Crippen LogP contribution in [0.3, 0.4) is 0 Å². The summed E-state index contributed by atoms with van der Waals surface area (Å²) in [6.07, 6.45) is 4.06. The van der Waals surface area contributed by atoms with Crippen LogP contribution in [-0.4, -0.2) is 20.5 Å². The number of nitrogens with one attached hydrogen (secondary N) is 1. The fourth-order valence-corrected chi connectivity index (χ4v) is 3.06. The summed E-state index contributed by atoms with van der Waals surface area (Å²) in [6, 6.07) is 11.3. The maximum atomic E-state index is 12.7. The summed E-state index contributed by atoms with van der Waals surface area (Å²) in [7, 11) is 0. The number of fused-ring (bicyclic) bond motifs is 1. The highest BCUT2D eigenvalue weighted by Gasteiger charge is 2.33. The number of amides is 1. The molecule has 0 aliphatic heterocycles. The van der Waals surface area contributed by atoms with E-state index in [0.717, 1.165) is 29.9 Å². The van der Waals surface area contributed by atoms with E-state index in [4.69, 9.17) is 11.6 Å². The first kappa shape index (κ1) is 15.1. The van der Waals surface area contributed by atoms with E-state index >= 15 is 0 Å². The van der Waals surface area contributed by atoms with Gasteiger partial charge in [0, 0.05) is 11.2 Å². The van der Waals surface area contributed by atoms with Gasteiger partial charge in [-0.2, -0.15) is 0 Å². The first-order valence-corrected chi connectivity index (χ1v) is 8.37. The van der Waals surface area contributed by atoms with Crippen LogP contribution >= 0.6 is 11.6 Å². The number of aromatic nitrogens is 3. The summed E-state index contributed by atoms with van der Waals surface area (Å²) in [6.45, 7) is 1.86. The van der Waals surface area contributed by atoms with Gasteiger partial charge in [-0.05, 0) is 55.5 Å². The molecule has 5 nitrogen and oxygen atoms in total. The number of halogens is 1. The fraction of sp³-hybridized carbons (Fsp3) is 0.278. The van der Waals surface area contributed by atoms with Crippen LogP contribution < -0.4 is 5.32 Å². The van der Waals surface area contributed by atoms with Gasteiger partial charge in [-0.25, -0.2) is 0 Å². The van der Waals surface area contributed by atoms with Crippen LogP contribution in [0, 0.1) is 12.8 Å². The Morgan fingerprint density at radius 3 is 2.67 bits per heavy atom. The molecule has 1 amide bonds. The van der Waals surface area contributed by atoms with Gasteiger partial charge in [-0.1, -0.05) is 23.7 Å². The predicted molar refractivity (Wildman–Crippen MR) is 92.1 cm³/mol. The average molecular weight is 341 g/mol. The standard InChI is InChI=1S/C18H17ClN4O/c1-11-21-22-16-9-6-14(10-23(11)16)18(24)20-17(12-2-3-12)13-4-7-15(19)8-5-13/h4-10,12,17H,2-3H2,1H3,(H,20,24). The van der Waals surface area contributed by atoms with E-state index in [1.807, 2.05) is 41.7 Å². The number of carbonyl (C=O) groups excluding carboxylic acids is 1. The first-order valence-electron chi connectivity index (χ1n) is 7.99. The second-order valence-electron chi connectivity index (χ2n) is 6.23. The van der Waals surface area contributed by atoms with E-state index in [2.05, 4.69) is 15.5 Å². The van der Waals surface area contributed by atoms with Crippen molar-refractivity contribution < 1.29 is 4.79 Å². The minimum absolute atomic E-state index is 0.0208. The molecule has 1 atom stereocenters. The zero-order valence-electron chi connectivity index (χ0n) is 13.2. The molecule has 1 fully saturated rings. The van der Waals surface area contributed by atoms with E-state index in [1.54, 1.807) is 12.3 Å². The minimum Gasteiger partial charge on any atom is -0.345 e. The van der Waals surface area contributed by atoms with Crippen LogP contribution in [0.2, 0.25) is 5.02 Å². The Morgan fingerprint density at radius 2 is 1.96 bits per heavy atom. The predicted octanol–water partition coefficient (Wildman–Crippen LogP) is 3.57. The zero-order chi connectivity index (χ0) is 16.7. The second kappa shape index (κ2) is 5.91. The van der Waals surface area contributed by atoms with Crippen LogP contribution in [0.25, 0.3) is 5.65 Å². The SMILES string of the molecule is Cc1nnc2ccc(C(=O)NC(c3ccc(Cl)cc3)C3CC3)cn12. The summed E-state index contributed by atoms with van der Waals surface area (Å²) in [4.78, 5) is 12.7. The van der Waals surface area contributed by atoms with Crippen LogP contribution in [0.5, 0.6) is 0 Å². The molecule has 1 aliphatic rings. The summed E-state index contributed by atoms with van der Waals surface area (Å²) in [5.41, 5.74) is 2.43. The van der Waals surface area contributed by atoms with Crippen molar-refractivity contribution in [1.82, 2.24) is 19.9 Å². The van der Waals surface area contributed by atoms with Gasteiger partial charge in [0.15, 0.2) is 5.65 Å². The van der Waals surface area contributed by atoms with Crippen LogP contribution in [0.4, 0.5) is 0 Å². The number of hydrogen-bond donors (Lipinski definition) is 1. The topological polar surface area (TPSA) is 59.3 Å². The lowest BCUT2D eigenvalue weighted by atomic mass is 10.0. The lowest BCUT2D eigenvalue weighted by Gasteiger charge is -2.19. The summed E-state index contributed by atoms with van der Waals surface area (Å²) >= 11 is 5.97. The molecular formula is C18H17ClN4O. The maximum Gasteiger partial charge on any atom is 0.253 e. The van der Waals surface area contributed by atoms with Gasteiger partial charge < -0.3 is 5.32 Å². The summed E-state index contributed by atoms with van der Waals surface area (Å²) < 4.78 is 1.82. The smallest absolute Gasteiger partial charge is 0.253 e. The molecular weight excluding hydrogens is 324 g/mol. The number of carbonyl (C=O) groups is 1. The first-order chi connectivity index (χ1) is 11.6. The molecule has 0 bridgehead atoms. The Kier molecular flexibility index (Phi) is 3.73. The molecule has 2 heterocycles. The van der Waals surface area contributed by atoms with Crippen molar-refractivity contribution in [1.29, 1.82) is 0 Å². The van der Waals surface area contributed by atoms with Crippen LogP contribution in [0.15, 0.2) is 42.6 Å². The number of aryl methyl sites for hydroxylation is 1. The van der Waals surface area contributed by atoms with Gasteiger partial charge in [0.05, 0.1) is 11.6 Å². The van der Waals surface area contributed by atoms with E-state index in [0.29, 0.717) is 16.5 Å². The second-order valence-corrected chi connectivity index (χ2v) is 6.67. The average Bonchev–Trinajstić information content (AvgIpc) is 3.37. The molecule has 1 unspecified atom stereocenters. The molecule has 4 rings (SSSR count). The normalized spacial score (nSPS) is 15.4. The minimum atomic E-state index is -0.0863. The number of hydrogen-bond acceptors (Lipinski definition) is 3. The maximum absolute atomic E-state index is 12.7. The largest absolute Gasteiger partial charge is 0.345 e. The Balaban J connectivity index is 1.60. The molecule has 2 aromatic heterocycles. The molecule has 0 radical (unpaired) electrons. The lowest BCUT2D eigenvalue weighted by molar-refractivity contribution is 0.0931. The van der Waals surface area contributed by atoms with Crippen LogP contribution in [-0.2, 0) is 0 Å². The fourth-order valence-electron chi connectivity index (χ4n) is 2.94. The summed E-state index contributed by atoms with van der Waals surface area (Å²) in [5.74, 6) is 1.17. The number of benzene rings is 1. The van der Waals surface area contributed by atoms with Gasteiger partial charge in [0.2, 0.25) is 0 Å². The van der Waals surface area contributed by atoms with Crippen molar-refractivity contribution in [3.05, 3.63) is 64.6 Å². The third-order valence-corrected chi connectivity index (χ3v) is 4.70. The molecule has 6 heteroatoms. The van der Waals surface area contributed by atoms with Crippen molar-refractivity contribution in [2.75, 3.05) is 0 Å². The number of nitrogens with zero attached hydrogens (tertiary/aromatic N) is 3. The summed E-state index contributed by atoms with van der Waals surface area (Å²) in [5, 5.41) is 11.9. The van der Waals surface area contributed by atoms with Crippen molar-refractivity contribution in [2.24, 2.45) is 5.92 Å². The van der Waals surface area contributed by atoms with Gasteiger partial charge in [-0.3, -0.25) is 9.20 Å². The molecule has 0 saturated heterocycles. The molecule has 122 valence electrons. The Labute approximate surface area is 144 Å². The highest BCUT2D eigenvalue weighted by atomic mass is 35.5. The van der Waals surface area contributed by atoms with E-state index < -0.39 is 0 Å². The zero-order valence-corrected chi connectivity index (χ0v) is 14.0. The van der Waals surface area contributed by atoms with Crippen molar-refractivity contribution >= 4 is 23.2 Å². The Morgan fingerprint density at radius 1 is 1.21 bits per heavy atom. The Bertz CT molecular complexity index is 899. The van der Waals surface area contributed by atoms with E-state index in [1.165, 1.54) is 0 Å². The number of rotatable bonds is 4. The molecule has 1 N–H and O–H groups in total. The van der Waals surface area contributed by atoms with Crippen LogP contribution in [0.1, 0.15) is 40.6 Å². The molecule has 0 spiro atoms. The van der Waals surface area contributed by atoms with Gasteiger partial charge >= 0.3 is 0 Å². The Hall–Kier alpha value is -2.40. The van der Waals surface area contributed by atoms with Crippen molar-refractivity contribution in [3.63, 3.8) is 0 Å². The van der Waals surface area contributed by atoms with Crippen molar-refractivity contribution in [3.8, 4) is 0 Å². The van der Waals surface area contributed by atoms with Crippen molar-refractivity contribution in [2.45, 2.75) is 25.8 Å². The molecule has 1 aromatic carbocycles. The highest BCUT2D eigenvalue weighted by molar-refractivity contribution is 6.30. The quantitative estimate of drug-likeness (QED) is 0.789. The van der Waals surface area contributed by atoms with E-state index in [9.17, 15) is 4.79 Å². The van der Waals surface area contributed by atoms with Gasteiger partial charge in [-0.15, -0.1) is 10.2 Å². The molecule has 1 aliphatic carbocycles. The molecule has 24 heavy (non-hydrogen) atoms. The number of pyridine rings is 1. The third-order valence-electron chi connectivity index (χ3n) is 4.44. The van der Waals surface area contributed by atoms with Gasteiger partial charge in [0.1, 0.15) is 5.82 Å². The molecule has 1 saturated carbocycles. The van der Waals surface area contributed by atoms with E-state index in [-0.39, 0.29) is 11.9 Å².